The maximum absolute atomic E-state index is 12.2. The highest BCUT2D eigenvalue weighted by Gasteiger charge is 2.21. The molecule has 0 aliphatic carbocycles. The number of aromatic hydroxyl groups is 2. The average molecular weight is 278 g/mol. The second-order valence-electron chi connectivity index (χ2n) is 5.43. The van der Waals surface area contributed by atoms with E-state index in [1.54, 1.807) is 6.07 Å². The van der Waals surface area contributed by atoms with E-state index in [0.29, 0.717) is 18.0 Å². The minimum Gasteiger partial charge on any atom is -0.504 e. The lowest BCUT2D eigenvalue weighted by Crippen LogP contribution is -2.41. The van der Waals surface area contributed by atoms with Crippen LogP contribution in [0.1, 0.15) is 23.2 Å². The molecule has 1 saturated heterocycles. The Hall–Kier alpha value is -1.59. The van der Waals surface area contributed by atoms with E-state index in [1.165, 1.54) is 18.6 Å². The molecule has 1 aromatic carbocycles. The van der Waals surface area contributed by atoms with Crippen molar-refractivity contribution < 1.29 is 15.0 Å². The van der Waals surface area contributed by atoms with Crippen LogP contribution in [0.4, 0.5) is 0 Å². The first-order valence-electron chi connectivity index (χ1n) is 7.02. The molecule has 1 aliphatic rings. The van der Waals surface area contributed by atoms with Gasteiger partial charge in [-0.25, -0.2) is 0 Å². The van der Waals surface area contributed by atoms with Crippen molar-refractivity contribution in [1.29, 1.82) is 0 Å². The van der Waals surface area contributed by atoms with Crippen LogP contribution < -0.4 is 5.32 Å². The molecule has 0 amide bonds. The highest BCUT2D eigenvalue weighted by molar-refractivity contribution is 5.98. The smallest absolute Gasteiger partial charge is 0.176 e. The molecule has 20 heavy (non-hydrogen) atoms. The molecule has 0 bridgehead atoms. The summed E-state index contributed by atoms with van der Waals surface area (Å²) in [5, 5.41) is 21.9. The number of carbonyl (C=O) groups is 1. The Labute approximate surface area is 119 Å². The SMILES string of the molecule is CNCC1CCCN(CC(=O)c2ccc(O)c(O)c2)C1. The van der Waals surface area contributed by atoms with Crippen LogP contribution in [0, 0.1) is 5.92 Å². The number of ketones is 1. The van der Waals surface area contributed by atoms with Gasteiger partial charge in [0.2, 0.25) is 0 Å². The lowest BCUT2D eigenvalue weighted by atomic mass is 9.97. The molecule has 3 N–H and O–H groups in total. The number of phenolic OH excluding ortho intramolecular Hbond substituents is 2. The standard InChI is InChI=1S/C15H22N2O3/c1-16-8-11-3-2-6-17(9-11)10-15(20)12-4-5-13(18)14(19)7-12/h4-5,7,11,16,18-19H,2-3,6,8-10H2,1H3. The molecule has 1 heterocycles. The topological polar surface area (TPSA) is 72.8 Å². The van der Waals surface area contributed by atoms with E-state index in [-0.39, 0.29) is 17.3 Å². The largest absolute Gasteiger partial charge is 0.504 e. The molecule has 1 aromatic rings. The minimum atomic E-state index is -0.248. The summed E-state index contributed by atoms with van der Waals surface area (Å²) in [6.45, 7) is 3.21. The van der Waals surface area contributed by atoms with Crippen molar-refractivity contribution >= 4 is 5.78 Å². The van der Waals surface area contributed by atoms with Crippen LogP contribution in [0.3, 0.4) is 0 Å². The molecule has 1 fully saturated rings. The highest BCUT2D eigenvalue weighted by Crippen LogP contribution is 2.25. The number of carbonyl (C=O) groups excluding carboxylic acids is 1. The number of likely N-dealkylation sites (tertiary alicyclic amines) is 1. The van der Waals surface area contributed by atoms with E-state index < -0.39 is 0 Å². The number of rotatable bonds is 5. The van der Waals surface area contributed by atoms with Crippen LogP contribution in [-0.2, 0) is 0 Å². The van der Waals surface area contributed by atoms with E-state index in [1.807, 2.05) is 7.05 Å². The van der Waals surface area contributed by atoms with Gasteiger partial charge in [0, 0.05) is 12.1 Å². The van der Waals surface area contributed by atoms with Gasteiger partial charge in [-0.05, 0) is 57.1 Å². The Morgan fingerprint density at radius 3 is 2.90 bits per heavy atom. The van der Waals surface area contributed by atoms with Crippen LogP contribution >= 0.6 is 0 Å². The lowest BCUT2D eigenvalue weighted by Gasteiger charge is -2.32. The maximum atomic E-state index is 12.2. The quantitative estimate of drug-likeness (QED) is 0.558. The predicted molar refractivity (Wildman–Crippen MR) is 77.2 cm³/mol. The summed E-state index contributed by atoms with van der Waals surface area (Å²) in [4.78, 5) is 14.4. The summed E-state index contributed by atoms with van der Waals surface area (Å²) < 4.78 is 0. The van der Waals surface area contributed by atoms with Crippen molar-refractivity contribution in [3.05, 3.63) is 23.8 Å². The van der Waals surface area contributed by atoms with Crippen molar-refractivity contribution in [3.63, 3.8) is 0 Å². The Balaban J connectivity index is 1.95. The zero-order valence-corrected chi connectivity index (χ0v) is 11.8. The van der Waals surface area contributed by atoms with E-state index in [2.05, 4.69) is 10.2 Å². The first-order chi connectivity index (χ1) is 9.60. The molecule has 1 unspecified atom stereocenters. The second kappa shape index (κ2) is 6.72. The number of phenols is 2. The number of benzene rings is 1. The van der Waals surface area contributed by atoms with Crippen molar-refractivity contribution in [3.8, 4) is 11.5 Å². The van der Waals surface area contributed by atoms with Gasteiger partial charge in [0.05, 0.1) is 6.54 Å². The van der Waals surface area contributed by atoms with Gasteiger partial charge in [-0.2, -0.15) is 0 Å². The zero-order valence-electron chi connectivity index (χ0n) is 11.8. The summed E-state index contributed by atoms with van der Waals surface area (Å²) in [5.74, 6) is 0.122. The van der Waals surface area contributed by atoms with Gasteiger partial charge in [-0.3, -0.25) is 9.69 Å². The predicted octanol–water partition coefficient (Wildman–Crippen LogP) is 1.21. The summed E-state index contributed by atoms with van der Waals surface area (Å²) in [6.07, 6.45) is 2.31. The fourth-order valence-electron chi connectivity index (χ4n) is 2.74. The van der Waals surface area contributed by atoms with Crippen LogP contribution in [0.5, 0.6) is 11.5 Å². The number of hydrogen-bond acceptors (Lipinski definition) is 5. The van der Waals surface area contributed by atoms with E-state index >= 15 is 0 Å². The summed E-state index contributed by atoms with van der Waals surface area (Å²) in [5.41, 5.74) is 0.441. The van der Waals surface area contributed by atoms with Crippen LogP contribution in [-0.4, -0.2) is 54.1 Å². The molecule has 110 valence electrons. The molecule has 0 aromatic heterocycles. The molecule has 0 saturated carbocycles. The molecule has 5 heteroatoms. The average Bonchev–Trinajstić information content (AvgIpc) is 2.42. The number of nitrogens with zero attached hydrogens (tertiary/aromatic N) is 1. The number of Topliss-reactive ketones (excluding diaryl/α,β-unsaturated/α-hetero) is 1. The molecular formula is C15H22N2O3. The van der Waals surface area contributed by atoms with E-state index in [0.717, 1.165) is 26.1 Å². The van der Waals surface area contributed by atoms with Crippen molar-refractivity contribution in [2.45, 2.75) is 12.8 Å². The molecule has 5 nitrogen and oxygen atoms in total. The first-order valence-corrected chi connectivity index (χ1v) is 7.02. The molecule has 1 aliphatic heterocycles. The molecule has 1 atom stereocenters. The van der Waals surface area contributed by atoms with Gasteiger partial charge in [-0.15, -0.1) is 0 Å². The normalized spacial score (nSPS) is 19.9. The van der Waals surface area contributed by atoms with Crippen molar-refractivity contribution in [2.75, 3.05) is 33.2 Å². The Bertz CT molecular complexity index is 474. The third-order valence-electron chi connectivity index (χ3n) is 3.76. The van der Waals surface area contributed by atoms with Crippen LogP contribution in [0.15, 0.2) is 18.2 Å². The minimum absolute atomic E-state index is 0.0228. The fourth-order valence-corrected chi connectivity index (χ4v) is 2.74. The highest BCUT2D eigenvalue weighted by atomic mass is 16.3. The number of piperidine rings is 1. The van der Waals surface area contributed by atoms with Crippen molar-refractivity contribution in [2.24, 2.45) is 5.92 Å². The molecule has 0 radical (unpaired) electrons. The van der Waals surface area contributed by atoms with Crippen LogP contribution in [0.25, 0.3) is 0 Å². The molecule has 0 spiro atoms. The van der Waals surface area contributed by atoms with Crippen molar-refractivity contribution in [1.82, 2.24) is 10.2 Å². The Kier molecular flexibility index (Phi) is 4.98. The number of hydrogen-bond donors (Lipinski definition) is 3. The summed E-state index contributed by atoms with van der Waals surface area (Å²) in [7, 11) is 1.95. The molecule has 2 rings (SSSR count). The second-order valence-corrected chi connectivity index (χ2v) is 5.43. The van der Waals surface area contributed by atoms with Gasteiger partial charge >= 0.3 is 0 Å². The van der Waals surface area contributed by atoms with Crippen LogP contribution in [0.2, 0.25) is 0 Å². The van der Waals surface area contributed by atoms with Gasteiger partial charge in [0.25, 0.3) is 0 Å². The number of nitrogens with one attached hydrogen (secondary N) is 1. The Morgan fingerprint density at radius 2 is 2.20 bits per heavy atom. The van der Waals surface area contributed by atoms with Gasteiger partial charge < -0.3 is 15.5 Å². The lowest BCUT2D eigenvalue weighted by molar-refractivity contribution is 0.0886. The first kappa shape index (κ1) is 14.8. The fraction of sp³-hybridized carbons (Fsp3) is 0.533. The molecular weight excluding hydrogens is 256 g/mol. The Morgan fingerprint density at radius 1 is 1.40 bits per heavy atom. The van der Waals surface area contributed by atoms with E-state index in [4.69, 9.17) is 0 Å². The third-order valence-corrected chi connectivity index (χ3v) is 3.76. The van der Waals surface area contributed by atoms with E-state index in [9.17, 15) is 15.0 Å². The third kappa shape index (κ3) is 3.71. The zero-order chi connectivity index (χ0) is 14.5. The van der Waals surface area contributed by atoms with Gasteiger partial charge in [0.1, 0.15) is 0 Å². The monoisotopic (exact) mass is 278 g/mol. The van der Waals surface area contributed by atoms with Gasteiger partial charge in [-0.1, -0.05) is 0 Å². The summed E-state index contributed by atoms with van der Waals surface area (Å²) in [6, 6.07) is 4.22. The van der Waals surface area contributed by atoms with Gasteiger partial charge in [0.15, 0.2) is 17.3 Å². The maximum Gasteiger partial charge on any atom is 0.176 e. The summed E-state index contributed by atoms with van der Waals surface area (Å²) >= 11 is 0.